The minimum absolute atomic E-state index is 0.0435. The average Bonchev–Trinajstić information content (AvgIpc) is 2.49. The number of amides is 1. The number of pyridine rings is 1. The van der Waals surface area contributed by atoms with Crippen molar-refractivity contribution in [2.24, 2.45) is 0 Å². The summed E-state index contributed by atoms with van der Waals surface area (Å²) in [5.41, 5.74) is 0.0215. The maximum atomic E-state index is 12.1. The van der Waals surface area contributed by atoms with Gasteiger partial charge in [0.15, 0.2) is 10.3 Å². The van der Waals surface area contributed by atoms with Gasteiger partial charge in [-0.3, -0.25) is 20.2 Å². The second-order valence-corrected chi connectivity index (χ2v) is 4.79. The molecule has 1 heterocycles. The van der Waals surface area contributed by atoms with Gasteiger partial charge in [-0.1, -0.05) is 23.7 Å². The van der Waals surface area contributed by atoms with Crippen molar-refractivity contribution in [3.8, 4) is 0 Å². The van der Waals surface area contributed by atoms with Crippen molar-refractivity contribution in [2.45, 2.75) is 0 Å². The number of anilines is 1. The molecule has 1 aromatic carbocycles. The summed E-state index contributed by atoms with van der Waals surface area (Å²) in [6, 6.07) is 8.84. The zero-order valence-corrected chi connectivity index (χ0v) is 12.5. The van der Waals surface area contributed by atoms with Gasteiger partial charge < -0.3 is 5.32 Å². The van der Waals surface area contributed by atoms with Crippen molar-refractivity contribution >= 4 is 46.2 Å². The predicted molar refractivity (Wildman–Crippen MR) is 86.0 cm³/mol. The molecule has 9 heteroatoms. The van der Waals surface area contributed by atoms with Crippen LogP contribution in [0.3, 0.4) is 0 Å². The predicted octanol–water partition coefficient (Wildman–Crippen LogP) is 2.77. The molecule has 112 valence electrons. The first-order valence-corrected chi connectivity index (χ1v) is 6.74. The van der Waals surface area contributed by atoms with Gasteiger partial charge in [-0.2, -0.15) is 0 Å². The van der Waals surface area contributed by atoms with Gasteiger partial charge in [0, 0.05) is 12.3 Å². The number of nitrogens with one attached hydrogen (secondary N) is 2. The molecule has 0 saturated carbocycles. The van der Waals surface area contributed by atoms with Crippen molar-refractivity contribution in [2.75, 3.05) is 5.32 Å². The number of nitro groups is 1. The highest BCUT2D eigenvalue weighted by atomic mass is 35.5. The van der Waals surface area contributed by atoms with Crippen LogP contribution in [0.2, 0.25) is 5.15 Å². The van der Waals surface area contributed by atoms with Crippen LogP contribution in [0.1, 0.15) is 10.4 Å². The minimum atomic E-state index is -0.690. The largest absolute Gasteiger partial charge is 0.330 e. The second kappa shape index (κ2) is 6.92. The van der Waals surface area contributed by atoms with Crippen LogP contribution in [0.5, 0.6) is 0 Å². The summed E-state index contributed by atoms with van der Waals surface area (Å²) in [5, 5.41) is 16.1. The molecule has 0 fully saturated rings. The molecule has 0 spiro atoms. The molecule has 0 unspecified atom stereocenters. The van der Waals surface area contributed by atoms with E-state index in [1.807, 2.05) is 0 Å². The summed E-state index contributed by atoms with van der Waals surface area (Å²) < 4.78 is 0. The first kappa shape index (κ1) is 15.8. The van der Waals surface area contributed by atoms with Crippen molar-refractivity contribution in [3.05, 3.63) is 63.4 Å². The number of thiocarbonyl (C=S) groups is 1. The Balaban J connectivity index is 2.11. The maximum Gasteiger partial charge on any atom is 0.282 e. The maximum absolute atomic E-state index is 12.1. The van der Waals surface area contributed by atoms with Crippen LogP contribution in [0.4, 0.5) is 11.4 Å². The van der Waals surface area contributed by atoms with Gasteiger partial charge in [0.25, 0.3) is 11.6 Å². The Bertz CT molecular complexity index is 754. The molecule has 0 aliphatic heterocycles. The number of hydrogen-bond donors (Lipinski definition) is 2. The van der Waals surface area contributed by atoms with Crippen LogP contribution in [-0.4, -0.2) is 20.9 Å². The topological polar surface area (TPSA) is 97.2 Å². The number of rotatable bonds is 3. The summed E-state index contributed by atoms with van der Waals surface area (Å²) in [4.78, 5) is 26.2. The Morgan fingerprint density at radius 2 is 2.00 bits per heavy atom. The summed E-state index contributed by atoms with van der Waals surface area (Å²) in [7, 11) is 0. The number of para-hydroxylation sites is 1. The standard InChI is InChI=1S/C13H9ClN4O3S/c14-11-9(5-3-7-15-11)16-13(22)17-12(19)8-4-1-2-6-10(8)18(20)21/h1-7H,(H2,16,17,19,22). The molecular formula is C13H9ClN4O3S. The van der Waals surface area contributed by atoms with Gasteiger partial charge in [-0.15, -0.1) is 0 Å². The lowest BCUT2D eigenvalue weighted by molar-refractivity contribution is -0.385. The van der Waals surface area contributed by atoms with E-state index in [1.165, 1.54) is 30.5 Å². The monoisotopic (exact) mass is 336 g/mol. The number of halogens is 1. The Hall–Kier alpha value is -2.58. The molecule has 0 aliphatic carbocycles. The molecule has 0 saturated heterocycles. The zero-order valence-electron chi connectivity index (χ0n) is 10.9. The molecule has 1 aromatic heterocycles. The van der Waals surface area contributed by atoms with Crippen LogP contribution < -0.4 is 10.6 Å². The third-order valence-corrected chi connectivity index (χ3v) is 3.09. The Labute approximate surface area is 135 Å². The number of carbonyl (C=O) groups is 1. The smallest absolute Gasteiger partial charge is 0.282 e. The van der Waals surface area contributed by atoms with E-state index in [1.54, 1.807) is 12.1 Å². The van der Waals surface area contributed by atoms with E-state index in [4.69, 9.17) is 23.8 Å². The summed E-state index contributed by atoms with van der Waals surface area (Å²) in [6.45, 7) is 0. The minimum Gasteiger partial charge on any atom is -0.330 e. The lowest BCUT2D eigenvalue weighted by Crippen LogP contribution is -2.34. The average molecular weight is 337 g/mol. The fourth-order valence-electron chi connectivity index (χ4n) is 1.63. The van der Waals surface area contributed by atoms with Crippen LogP contribution in [0, 0.1) is 10.1 Å². The number of nitro benzene ring substituents is 1. The Kier molecular flexibility index (Phi) is 4.97. The van der Waals surface area contributed by atoms with Gasteiger partial charge in [0.2, 0.25) is 0 Å². The van der Waals surface area contributed by atoms with Crippen molar-refractivity contribution in [1.82, 2.24) is 10.3 Å². The quantitative estimate of drug-likeness (QED) is 0.387. The third-order valence-electron chi connectivity index (χ3n) is 2.58. The van der Waals surface area contributed by atoms with Crippen LogP contribution in [0.15, 0.2) is 42.6 Å². The lowest BCUT2D eigenvalue weighted by Gasteiger charge is -2.10. The fourth-order valence-corrected chi connectivity index (χ4v) is 2.00. The number of carbonyl (C=O) groups excluding carboxylic acids is 1. The Morgan fingerprint density at radius 1 is 1.27 bits per heavy atom. The highest BCUT2D eigenvalue weighted by molar-refractivity contribution is 7.80. The van der Waals surface area contributed by atoms with Crippen LogP contribution >= 0.6 is 23.8 Å². The van der Waals surface area contributed by atoms with E-state index in [9.17, 15) is 14.9 Å². The zero-order chi connectivity index (χ0) is 16.1. The first-order valence-electron chi connectivity index (χ1n) is 5.95. The van der Waals surface area contributed by atoms with Gasteiger partial charge in [0.1, 0.15) is 5.56 Å². The highest BCUT2D eigenvalue weighted by Crippen LogP contribution is 2.19. The number of hydrogen-bond acceptors (Lipinski definition) is 5. The Morgan fingerprint density at radius 3 is 2.68 bits per heavy atom. The third kappa shape index (κ3) is 3.74. The molecule has 0 radical (unpaired) electrons. The van der Waals surface area contributed by atoms with E-state index in [2.05, 4.69) is 15.6 Å². The van der Waals surface area contributed by atoms with Crippen molar-refractivity contribution in [3.63, 3.8) is 0 Å². The number of aromatic nitrogens is 1. The SMILES string of the molecule is O=C(NC(=S)Nc1cccnc1Cl)c1ccccc1[N+](=O)[O-]. The molecule has 2 aromatic rings. The van der Waals surface area contributed by atoms with E-state index in [-0.39, 0.29) is 21.5 Å². The van der Waals surface area contributed by atoms with Gasteiger partial charge in [0.05, 0.1) is 10.6 Å². The fraction of sp³-hybridized carbons (Fsp3) is 0. The van der Waals surface area contributed by atoms with Gasteiger partial charge in [-0.05, 0) is 30.4 Å². The molecule has 22 heavy (non-hydrogen) atoms. The van der Waals surface area contributed by atoms with Crippen molar-refractivity contribution in [1.29, 1.82) is 0 Å². The van der Waals surface area contributed by atoms with E-state index < -0.39 is 10.8 Å². The molecule has 0 atom stereocenters. The lowest BCUT2D eigenvalue weighted by atomic mass is 10.1. The van der Waals surface area contributed by atoms with Crippen LogP contribution in [-0.2, 0) is 0 Å². The van der Waals surface area contributed by atoms with Gasteiger partial charge >= 0.3 is 0 Å². The number of nitrogens with zero attached hydrogens (tertiary/aromatic N) is 2. The molecule has 2 rings (SSSR count). The normalized spacial score (nSPS) is 9.86. The molecular weight excluding hydrogens is 328 g/mol. The molecule has 7 nitrogen and oxygen atoms in total. The van der Waals surface area contributed by atoms with E-state index in [0.717, 1.165) is 0 Å². The second-order valence-electron chi connectivity index (χ2n) is 4.02. The first-order chi connectivity index (χ1) is 10.5. The van der Waals surface area contributed by atoms with Crippen LogP contribution in [0.25, 0.3) is 0 Å². The van der Waals surface area contributed by atoms with Gasteiger partial charge in [-0.25, -0.2) is 4.98 Å². The molecule has 0 aliphatic rings. The molecule has 0 bridgehead atoms. The summed E-state index contributed by atoms with van der Waals surface area (Å²) in [6.07, 6.45) is 1.50. The van der Waals surface area contributed by atoms with E-state index in [0.29, 0.717) is 5.69 Å². The molecule has 1 amide bonds. The molecule has 2 N–H and O–H groups in total. The number of benzene rings is 1. The van der Waals surface area contributed by atoms with E-state index >= 15 is 0 Å². The summed E-state index contributed by atoms with van der Waals surface area (Å²) >= 11 is 10.8. The summed E-state index contributed by atoms with van der Waals surface area (Å²) in [5.74, 6) is -0.690. The highest BCUT2D eigenvalue weighted by Gasteiger charge is 2.20. The van der Waals surface area contributed by atoms with Crippen molar-refractivity contribution < 1.29 is 9.72 Å².